The maximum absolute atomic E-state index is 11.7. The average molecular weight is 495 g/mol. The predicted molar refractivity (Wildman–Crippen MR) is 115 cm³/mol. The van der Waals surface area contributed by atoms with Crippen LogP contribution in [0.15, 0.2) is 27.8 Å². The summed E-state index contributed by atoms with van der Waals surface area (Å²) in [7, 11) is -2.90. The van der Waals surface area contributed by atoms with Gasteiger partial charge in [0.1, 0.15) is 5.76 Å². The maximum Gasteiger partial charge on any atom is 0.191 e. The highest BCUT2D eigenvalue weighted by Gasteiger charge is 2.29. The van der Waals surface area contributed by atoms with E-state index in [9.17, 15) is 8.42 Å². The highest BCUT2D eigenvalue weighted by molar-refractivity contribution is 14.0. The number of furan rings is 1. The fraction of sp³-hybridized carbons (Fsp3) is 0.722. The molecule has 3 rings (SSSR count). The van der Waals surface area contributed by atoms with Gasteiger partial charge in [0.2, 0.25) is 0 Å². The molecule has 3 unspecified atom stereocenters. The Hall–Kier alpha value is -0.770. The molecule has 2 N–H and O–H groups in total. The van der Waals surface area contributed by atoms with Crippen LogP contribution >= 0.6 is 24.0 Å². The lowest BCUT2D eigenvalue weighted by molar-refractivity contribution is 0.306. The minimum atomic E-state index is -2.90. The number of nitrogens with one attached hydrogen (secondary N) is 2. The zero-order valence-electron chi connectivity index (χ0n) is 15.3. The van der Waals surface area contributed by atoms with Gasteiger partial charge in [-0.15, -0.1) is 24.0 Å². The Morgan fingerprint density at radius 1 is 1.27 bits per heavy atom. The molecule has 3 atom stereocenters. The quantitative estimate of drug-likeness (QED) is 0.373. The van der Waals surface area contributed by atoms with Gasteiger partial charge >= 0.3 is 0 Å². The van der Waals surface area contributed by atoms with Crippen LogP contribution in [-0.2, 0) is 16.3 Å². The van der Waals surface area contributed by atoms with Crippen LogP contribution in [0, 0.1) is 5.92 Å². The second-order valence-electron chi connectivity index (χ2n) is 7.32. The van der Waals surface area contributed by atoms with E-state index in [0.29, 0.717) is 24.9 Å². The lowest BCUT2D eigenvalue weighted by atomic mass is 9.86. The van der Waals surface area contributed by atoms with Crippen molar-refractivity contribution in [1.82, 2.24) is 10.6 Å². The molecule has 1 saturated carbocycles. The fourth-order valence-corrected chi connectivity index (χ4v) is 5.35. The van der Waals surface area contributed by atoms with Crippen LogP contribution in [0.25, 0.3) is 0 Å². The zero-order valence-corrected chi connectivity index (χ0v) is 18.5. The molecule has 1 saturated heterocycles. The second-order valence-corrected chi connectivity index (χ2v) is 9.55. The molecule has 0 spiro atoms. The third-order valence-corrected chi connectivity index (χ3v) is 6.98. The summed E-state index contributed by atoms with van der Waals surface area (Å²) in [5, 5.41) is 6.90. The van der Waals surface area contributed by atoms with Crippen LogP contribution in [0.2, 0.25) is 0 Å². The van der Waals surface area contributed by atoms with Gasteiger partial charge in [0.25, 0.3) is 0 Å². The topological polar surface area (TPSA) is 83.7 Å². The molecular formula is C18H30IN3O3S. The van der Waals surface area contributed by atoms with Crippen molar-refractivity contribution in [3.8, 4) is 0 Å². The van der Waals surface area contributed by atoms with Crippen LogP contribution in [0.1, 0.15) is 44.8 Å². The molecule has 1 aromatic heterocycles. The normalized spacial score (nSPS) is 28.3. The largest absolute Gasteiger partial charge is 0.469 e. The monoisotopic (exact) mass is 495 g/mol. The maximum atomic E-state index is 11.7. The summed E-state index contributed by atoms with van der Waals surface area (Å²) in [4.78, 5) is 4.68. The van der Waals surface area contributed by atoms with Gasteiger partial charge < -0.3 is 15.1 Å². The third-order valence-electron chi connectivity index (χ3n) is 5.22. The molecule has 6 nitrogen and oxygen atoms in total. The summed E-state index contributed by atoms with van der Waals surface area (Å²) >= 11 is 0. The Balaban J connectivity index is 0.00000243. The molecule has 148 valence electrons. The van der Waals surface area contributed by atoms with E-state index in [1.54, 1.807) is 6.26 Å². The summed E-state index contributed by atoms with van der Waals surface area (Å²) in [6.45, 7) is 2.89. The lowest BCUT2D eigenvalue weighted by Gasteiger charge is -2.31. The minimum Gasteiger partial charge on any atom is -0.469 e. The average Bonchev–Trinajstić information content (AvgIpc) is 3.19. The van der Waals surface area contributed by atoms with Crippen molar-refractivity contribution in [1.29, 1.82) is 0 Å². The van der Waals surface area contributed by atoms with E-state index in [4.69, 9.17) is 4.42 Å². The lowest BCUT2D eigenvalue weighted by Crippen LogP contribution is -2.50. The molecule has 1 aromatic rings. The standard InChI is InChI=1S/C18H29N3O3S.HI/c1-14-5-2-3-7-17(14)21-18(19-10-8-16-6-4-11-24-16)20-15-9-12-25(22,23)13-15;/h4,6,11,14-15,17H,2-3,5,7-10,12-13H2,1H3,(H2,19,20,21);1H. The molecule has 1 aliphatic carbocycles. The predicted octanol–water partition coefficient (Wildman–Crippen LogP) is 2.74. The zero-order chi connectivity index (χ0) is 17.7. The molecule has 8 heteroatoms. The van der Waals surface area contributed by atoms with E-state index in [0.717, 1.165) is 24.6 Å². The minimum absolute atomic E-state index is 0. The summed E-state index contributed by atoms with van der Waals surface area (Å²) in [5.74, 6) is 2.74. The van der Waals surface area contributed by atoms with E-state index in [1.165, 1.54) is 19.3 Å². The van der Waals surface area contributed by atoms with Crippen LogP contribution in [-0.4, -0.2) is 44.5 Å². The van der Waals surface area contributed by atoms with Crippen LogP contribution < -0.4 is 10.6 Å². The van der Waals surface area contributed by atoms with Gasteiger partial charge in [0.15, 0.2) is 15.8 Å². The number of aliphatic imine (C=N–C) groups is 1. The molecule has 0 bridgehead atoms. The Bertz CT molecular complexity index is 676. The highest BCUT2D eigenvalue weighted by Crippen LogP contribution is 2.23. The van der Waals surface area contributed by atoms with Crippen LogP contribution in [0.5, 0.6) is 0 Å². The summed E-state index contributed by atoms with van der Waals surface area (Å²) in [6, 6.07) is 4.19. The van der Waals surface area contributed by atoms with Gasteiger partial charge in [-0.2, -0.15) is 0 Å². The van der Waals surface area contributed by atoms with E-state index in [1.807, 2.05) is 12.1 Å². The van der Waals surface area contributed by atoms with Gasteiger partial charge in [-0.05, 0) is 37.3 Å². The third kappa shape index (κ3) is 6.44. The van der Waals surface area contributed by atoms with Crippen molar-refractivity contribution >= 4 is 39.8 Å². The van der Waals surface area contributed by atoms with Gasteiger partial charge in [0.05, 0.1) is 17.8 Å². The van der Waals surface area contributed by atoms with E-state index >= 15 is 0 Å². The first-order chi connectivity index (χ1) is 12.0. The number of halogens is 1. The summed E-state index contributed by atoms with van der Waals surface area (Å²) in [6.07, 6.45) is 7.96. The van der Waals surface area contributed by atoms with Gasteiger partial charge in [-0.3, -0.25) is 4.99 Å². The molecule has 0 aromatic carbocycles. The number of hydrogen-bond acceptors (Lipinski definition) is 4. The number of guanidine groups is 1. The van der Waals surface area contributed by atoms with E-state index in [-0.39, 0.29) is 41.5 Å². The van der Waals surface area contributed by atoms with Gasteiger partial charge in [-0.25, -0.2) is 8.42 Å². The molecule has 26 heavy (non-hydrogen) atoms. The number of sulfone groups is 1. The molecule has 2 heterocycles. The number of rotatable bonds is 5. The molecule has 0 amide bonds. The number of hydrogen-bond donors (Lipinski definition) is 2. The van der Waals surface area contributed by atoms with Crippen molar-refractivity contribution in [3.05, 3.63) is 24.2 Å². The summed E-state index contributed by atoms with van der Waals surface area (Å²) < 4.78 is 28.8. The Labute approximate surface area is 173 Å². The second kappa shape index (κ2) is 9.96. The van der Waals surface area contributed by atoms with E-state index < -0.39 is 9.84 Å². The Morgan fingerprint density at radius 3 is 2.73 bits per heavy atom. The SMILES string of the molecule is CC1CCCCC1NC(=NCCc1ccco1)NC1CCS(=O)(=O)C1.I. The van der Waals surface area contributed by atoms with Crippen molar-refractivity contribution in [3.63, 3.8) is 0 Å². The first-order valence-corrected chi connectivity index (χ1v) is 11.1. The molecular weight excluding hydrogens is 465 g/mol. The smallest absolute Gasteiger partial charge is 0.191 e. The number of nitrogens with zero attached hydrogens (tertiary/aromatic N) is 1. The van der Waals surface area contributed by atoms with Crippen molar-refractivity contribution in [2.24, 2.45) is 10.9 Å². The fourth-order valence-electron chi connectivity index (χ4n) is 3.67. The molecule has 2 aliphatic rings. The van der Waals surface area contributed by atoms with Gasteiger partial charge in [-0.1, -0.05) is 19.8 Å². The summed E-state index contributed by atoms with van der Waals surface area (Å²) in [5.41, 5.74) is 0. The van der Waals surface area contributed by atoms with E-state index in [2.05, 4.69) is 22.5 Å². The van der Waals surface area contributed by atoms with Crippen molar-refractivity contribution in [2.45, 2.75) is 57.5 Å². The molecule has 2 fully saturated rings. The highest BCUT2D eigenvalue weighted by atomic mass is 127. The van der Waals surface area contributed by atoms with Crippen LogP contribution in [0.3, 0.4) is 0 Å². The van der Waals surface area contributed by atoms with Crippen molar-refractivity contribution < 1.29 is 12.8 Å². The van der Waals surface area contributed by atoms with Crippen LogP contribution in [0.4, 0.5) is 0 Å². The molecule has 0 radical (unpaired) electrons. The first-order valence-electron chi connectivity index (χ1n) is 9.32. The first kappa shape index (κ1) is 21.5. The Morgan fingerprint density at radius 2 is 2.08 bits per heavy atom. The molecule has 1 aliphatic heterocycles. The Kier molecular flexibility index (Phi) is 8.25. The van der Waals surface area contributed by atoms with Crippen molar-refractivity contribution in [2.75, 3.05) is 18.1 Å². The van der Waals surface area contributed by atoms with Gasteiger partial charge in [0, 0.05) is 25.0 Å².